The van der Waals surface area contributed by atoms with Gasteiger partial charge in [0.05, 0.1) is 0 Å². The topological polar surface area (TPSA) is 12.0 Å². The molecule has 2 aromatic carbocycles. The van der Waals surface area contributed by atoms with Crippen LogP contribution in [-0.4, -0.2) is 6.04 Å². The zero-order valence-electron chi connectivity index (χ0n) is 9.33. The molecule has 2 aromatic rings. The average molecular weight is 199 g/mol. The van der Waals surface area contributed by atoms with Gasteiger partial charge in [-0.15, -0.1) is 0 Å². The Morgan fingerprint density at radius 2 is 1.73 bits per heavy atom. The van der Waals surface area contributed by atoms with E-state index >= 15 is 0 Å². The van der Waals surface area contributed by atoms with Gasteiger partial charge in [-0.05, 0) is 22.4 Å². The number of hydrogen-bond acceptors (Lipinski definition) is 1. The standard InChI is InChI=1S/C14H17N/c1-11(2)15-10-12-7-8-13-5-3-4-6-14(13)9-12/h3-9,11,15H,10H2,1-2H3. The van der Waals surface area contributed by atoms with Crippen molar-refractivity contribution in [3.8, 4) is 0 Å². The maximum atomic E-state index is 3.43. The minimum atomic E-state index is 0.538. The number of benzene rings is 2. The number of nitrogens with one attached hydrogen (secondary N) is 1. The lowest BCUT2D eigenvalue weighted by Gasteiger charge is -2.08. The molecule has 78 valence electrons. The lowest BCUT2D eigenvalue weighted by molar-refractivity contribution is 0.589. The van der Waals surface area contributed by atoms with Crippen LogP contribution >= 0.6 is 0 Å². The van der Waals surface area contributed by atoms with E-state index in [0.29, 0.717) is 6.04 Å². The Bertz CT molecular complexity index is 446. The number of rotatable bonds is 3. The summed E-state index contributed by atoms with van der Waals surface area (Å²) in [6, 6.07) is 15.6. The third kappa shape index (κ3) is 2.57. The molecular formula is C14H17N. The fraction of sp³-hybridized carbons (Fsp3) is 0.286. The van der Waals surface area contributed by atoms with Gasteiger partial charge in [-0.1, -0.05) is 50.2 Å². The Kier molecular flexibility index (Phi) is 3.02. The Labute approximate surface area is 91.1 Å². The van der Waals surface area contributed by atoms with Gasteiger partial charge in [-0.3, -0.25) is 0 Å². The molecule has 1 N–H and O–H groups in total. The SMILES string of the molecule is CC(C)NCc1ccc2ccccc2c1. The zero-order valence-corrected chi connectivity index (χ0v) is 9.33. The molecule has 0 aromatic heterocycles. The molecule has 2 rings (SSSR count). The van der Waals surface area contributed by atoms with Gasteiger partial charge in [-0.2, -0.15) is 0 Å². The molecule has 0 radical (unpaired) electrons. The van der Waals surface area contributed by atoms with E-state index in [-0.39, 0.29) is 0 Å². The summed E-state index contributed by atoms with van der Waals surface area (Å²) < 4.78 is 0. The van der Waals surface area contributed by atoms with E-state index in [0.717, 1.165) is 6.54 Å². The third-order valence-corrected chi connectivity index (χ3v) is 2.53. The van der Waals surface area contributed by atoms with E-state index in [1.807, 2.05) is 0 Å². The van der Waals surface area contributed by atoms with E-state index in [4.69, 9.17) is 0 Å². The van der Waals surface area contributed by atoms with E-state index in [9.17, 15) is 0 Å². The van der Waals surface area contributed by atoms with Crippen molar-refractivity contribution in [3.05, 3.63) is 48.0 Å². The molecule has 0 heterocycles. The highest BCUT2D eigenvalue weighted by Crippen LogP contribution is 2.15. The molecule has 0 saturated heterocycles. The van der Waals surface area contributed by atoms with Gasteiger partial charge in [-0.25, -0.2) is 0 Å². The van der Waals surface area contributed by atoms with Gasteiger partial charge in [0.1, 0.15) is 0 Å². The monoisotopic (exact) mass is 199 g/mol. The predicted molar refractivity (Wildman–Crippen MR) is 65.9 cm³/mol. The van der Waals surface area contributed by atoms with Crippen LogP contribution in [0.25, 0.3) is 10.8 Å². The molecule has 0 bridgehead atoms. The summed E-state index contributed by atoms with van der Waals surface area (Å²) >= 11 is 0. The van der Waals surface area contributed by atoms with Crippen LogP contribution < -0.4 is 5.32 Å². The molecule has 0 aliphatic rings. The normalized spacial score (nSPS) is 11.1. The van der Waals surface area contributed by atoms with Gasteiger partial charge < -0.3 is 5.32 Å². The fourth-order valence-electron chi connectivity index (χ4n) is 1.67. The van der Waals surface area contributed by atoms with Gasteiger partial charge in [0.25, 0.3) is 0 Å². The van der Waals surface area contributed by atoms with E-state index < -0.39 is 0 Å². The largest absolute Gasteiger partial charge is 0.310 e. The van der Waals surface area contributed by atoms with Crippen molar-refractivity contribution < 1.29 is 0 Å². The Hall–Kier alpha value is -1.34. The maximum Gasteiger partial charge on any atom is 0.0208 e. The van der Waals surface area contributed by atoms with Crippen LogP contribution in [0.3, 0.4) is 0 Å². The molecule has 15 heavy (non-hydrogen) atoms. The number of hydrogen-bond donors (Lipinski definition) is 1. The maximum absolute atomic E-state index is 3.43. The summed E-state index contributed by atoms with van der Waals surface area (Å²) in [6.07, 6.45) is 0. The first-order valence-electron chi connectivity index (χ1n) is 5.47. The van der Waals surface area contributed by atoms with Crippen molar-refractivity contribution in [2.24, 2.45) is 0 Å². The summed E-state index contributed by atoms with van der Waals surface area (Å²) in [7, 11) is 0. The molecule has 0 aliphatic heterocycles. The van der Waals surface area contributed by atoms with Gasteiger partial charge in [0.2, 0.25) is 0 Å². The van der Waals surface area contributed by atoms with Gasteiger partial charge in [0, 0.05) is 12.6 Å². The minimum Gasteiger partial charge on any atom is -0.310 e. The summed E-state index contributed by atoms with van der Waals surface area (Å²) in [5, 5.41) is 6.06. The molecule has 0 fully saturated rings. The van der Waals surface area contributed by atoms with Crippen molar-refractivity contribution in [1.29, 1.82) is 0 Å². The first-order valence-corrected chi connectivity index (χ1v) is 5.47. The number of fused-ring (bicyclic) bond motifs is 1. The molecule has 0 atom stereocenters. The highest BCUT2D eigenvalue weighted by molar-refractivity contribution is 5.82. The first-order chi connectivity index (χ1) is 7.25. The van der Waals surface area contributed by atoms with Crippen molar-refractivity contribution in [2.75, 3.05) is 0 Å². The molecule has 0 unspecified atom stereocenters. The molecule has 1 nitrogen and oxygen atoms in total. The van der Waals surface area contributed by atoms with E-state index in [2.05, 4.69) is 61.6 Å². The molecular weight excluding hydrogens is 182 g/mol. The first kappa shape index (κ1) is 10.2. The summed E-state index contributed by atoms with van der Waals surface area (Å²) in [6.45, 7) is 5.28. The Morgan fingerprint density at radius 3 is 2.47 bits per heavy atom. The quantitative estimate of drug-likeness (QED) is 0.799. The zero-order chi connectivity index (χ0) is 10.7. The highest BCUT2D eigenvalue weighted by Gasteiger charge is 1.97. The van der Waals surface area contributed by atoms with E-state index in [1.54, 1.807) is 0 Å². The Morgan fingerprint density at radius 1 is 1.00 bits per heavy atom. The molecule has 0 amide bonds. The second kappa shape index (κ2) is 4.45. The lowest BCUT2D eigenvalue weighted by atomic mass is 10.1. The van der Waals surface area contributed by atoms with Crippen LogP contribution in [0, 0.1) is 0 Å². The van der Waals surface area contributed by atoms with Crippen LogP contribution in [0.5, 0.6) is 0 Å². The van der Waals surface area contributed by atoms with Gasteiger partial charge >= 0.3 is 0 Å². The van der Waals surface area contributed by atoms with Crippen molar-refractivity contribution in [1.82, 2.24) is 5.32 Å². The molecule has 0 spiro atoms. The van der Waals surface area contributed by atoms with Crippen LogP contribution in [0.4, 0.5) is 0 Å². The smallest absolute Gasteiger partial charge is 0.0208 e. The second-order valence-corrected chi connectivity index (χ2v) is 4.22. The van der Waals surface area contributed by atoms with E-state index in [1.165, 1.54) is 16.3 Å². The molecule has 1 heteroatoms. The molecule has 0 saturated carbocycles. The van der Waals surface area contributed by atoms with Crippen LogP contribution in [0.15, 0.2) is 42.5 Å². The summed E-state index contributed by atoms with van der Waals surface area (Å²) in [5.41, 5.74) is 1.35. The second-order valence-electron chi connectivity index (χ2n) is 4.22. The highest BCUT2D eigenvalue weighted by atomic mass is 14.9. The third-order valence-electron chi connectivity index (χ3n) is 2.53. The van der Waals surface area contributed by atoms with Crippen LogP contribution in [0.1, 0.15) is 19.4 Å². The van der Waals surface area contributed by atoms with Crippen molar-refractivity contribution >= 4 is 10.8 Å². The minimum absolute atomic E-state index is 0.538. The lowest BCUT2D eigenvalue weighted by Crippen LogP contribution is -2.21. The van der Waals surface area contributed by atoms with Crippen LogP contribution in [0.2, 0.25) is 0 Å². The van der Waals surface area contributed by atoms with Crippen LogP contribution in [-0.2, 0) is 6.54 Å². The van der Waals surface area contributed by atoms with Crippen molar-refractivity contribution in [2.45, 2.75) is 26.4 Å². The predicted octanol–water partition coefficient (Wildman–Crippen LogP) is 3.34. The average Bonchev–Trinajstić information content (AvgIpc) is 2.26. The van der Waals surface area contributed by atoms with Crippen molar-refractivity contribution in [3.63, 3.8) is 0 Å². The molecule has 0 aliphatic carbocycles. The van der Waals surface area contributed by atoms with Gasteiger partial charge in [0.15, 0.2) is 0 Å². The summed E-state index contributed by atoms with van der Waals surface area (Å²) in [5.74, 6) is 0. The Balaban J connectivity index is 2.23. The fourth-order valence-corrected chi connectivity index (χ4v) is 1.67. The summed E-state index contributed by atoms with van der Waals surface area (Å²) in [4.78, 5) is 0.